The number of carbonyl (C=O) groups excluding carboxylic acids is 2. The number of rotatable bonds is 5. The van der Waals surface area contributed by atoms with Crippen LogP contribution in [0.5, 0.6) is 0 Å². The number of hydrogen-bond donors (Lipinski definition) is 0. The second-order valence-electron chi connectivity index (χ2n) is 6.52. The Morgan fingerprint density at radius 3 is 1.22 bits per heavy atom. The first-order valence-corrected chi connectivity index (χ1v) is 5.73. The molecule has 0 saturated heterocycles. The van der Waals surface area contributed by atoms with Crippen LogP contribution in [0.2, 0.25) is 0 Å². The molecule has 0 aliphatic carbocycles. The zero-order chi connectivity index (χ0) is 14.4. The van der Waals surface area contributed by atoms with Crippen molar-refractivity contribution in [2.24, 2.45) is 10.8 Å². The van der Waals surface area contributed by atoms with Gasteiger partial charge in [-0.15, -0.1) is 0 Å². The van der Waals surface area contributed by atoms with Crippen molar-refractivity contribution in [3.63, 3.8) is 0 Å². The highest BCUT2D eigenvalue weighted by Crippen LogP contribution is 2.20. The Bertz CT molecular complexity index is 254. The summed E-state index contributed by atoms with van der Waals surface area (Å²) in [5.74, 6) is -1.20. The van der Waals surface area contributed by atoms with Crippen LogP contribution in [0, 0.1) is 10.8 Å². The summed E-state index contributed by atoms with van der Waals surface area (Å²) < 4.78 is 0. The van der Waals surface area contributed by atoms with E-state index in [4.69, 9.17) is 0 Å². The maximum absolute atomic E-state index is 11.2. The molecule has 0 N–H and O–H groups in total. The second-order valence-corrected chi connectivity index (χ2v) is 6.52. The molecule has 0 aromatic carbocycles. The van der Waals surface area contributed by atoms with Crippen molar-refractivity contribution in [2.45, 2.75) is 54.4 Å². The zero-order valence-corrected chi connectivity index (χ0v) is 11.9. The lowest BCUT2D eigenvalue weighted by molar-refractivity contribution is -0.600. The predicted molar refractivity (Wildman–Crippen MR) is 62.5 cm³/mol. The van der Waals surface area contributed by atoms with Gasteiger partial charge in [-0.1, -0.05) is 41.5 Å². The number of hydrogen-bond acceptors (Lipinski definition) is 6. The second kappa shape index (κ2) is 6.70. The van der Waals surface area contributed by atoms with E-state index in [-0.39, 0.29) is 23.7 Å². The third-order valence-electron chi connectivity index (χ3n) is 1.63. The molecule has 0 aromatic rings. The van der Waals surface area contributed by atoms with Gasteiger partial charge < -0.3 is 0 Å². The van der Waals surface area contributed by atoms with E-state index in [0.717, 1.165) is 0 Å². The molecule has 0 amide bonds. The fourth-order valence-electron chi connectivity index (χ4n) is 1.03. The molecule has 0 saturated carbocycles. The van der Waals surface area contributed by atoms with Gasteiger partial charge in [-0.05, 0) is 10.8 Å². The van der Waals surface area contributed by atoms with Gasteiger partial charge in [0, 0.05) is 10.1 Å². The molecular weight excluding hydrogens is 240 g/mol. The molecule has 0 bridgehead atoms. The molecular formula is C12H22O6. The maximum Gasteiger partial charge on any atom is 0.346 e. The lowest BCUT2D eigenvalue weighted by atomic mass is 9.93. The first-order valence-electron chi connectivity index (χ1n) is 5.73. The van der Waals surface area contributed by atoms with Gasteiger partial charge in [0.1, 0.15) is 0 Å². The average Bonchev–Trinajstić information content (AvgIpc) is 2.06. The molecule has 0 unspecified atom stereocenters. The highest BCUT2D eigenvalue weighted by Gasteiger charge is 2.20. The van der Waals surface area contributed by atoms with Crippen molar-refractivity contribution in [1.29, 1.82) is 0 Å². The largest absolute Gasteiger partial charge is 0.346 e. The molecule has 6 heteroatoms. The van der Waals surface area contributed by atoms with E-state index in [2.05, 4.69) is 19.9 Å². The average molecular weight is 262 g/mol. The minimum Gasteiger partial charge on any atom is -0.266 e. The molecule has 0 radical (unpaired) electrons. The molecule has 0 rings (SSSR count). The summed E-state index contributed by atoms with van der Waals surface area (Å²) in [6.45, 7) is 11.2. The van der Waals surface area contributed by atoms with Crippen LogP contribution in [0.1, 0.15) is 54.4 Å². The summed E-state index contributed by atoms with van der Waals surface area (Å²) in [6.07, 6.45) is 0.318. The van der Waals surface area contributed by atoms with Gasteiger partial charge in [0.15, 0.2) is 0 Å². The quantitative estimate of drug-likeness (QED) is 0.431. The summed E-state index contributed by atoms with van der Waals surface area (Å²) in [6, 6.07) is 0. The van der Waals surface area contributed by atoms with Crippen LogP contribution in [-0.4, -0.2) is 11.9 Å². The highest BCUT2D eigenvalue weighted by molar-refractivity contribution is 5.69. The normalized spacial score (nSPS) is 12.1. The predicted octanol–water partition coefficient (Wildman–Crippen LogP) is 2.72. The fraction of sp³-hybridized carbons (Fsp3) is 0.833. The Morgan fingerprint density at radius 2 is 1.00 bits per heavy atom. The van der Waals surface area contributed by atoms with Crippen molar-refractivity contribution in [2.75, 3.05) is 0 Å². The van der Waals surface area contributed by atoms with Gasteiger partial charge in [-0.2, -0.15) is 0 Å². The first-order chi connectivity index (χ1) is 7.99. The number of carbonyl (C=O) groups is 2. The molecule has 0 aliphatic rings. The zero-order valence-electron chi connectivity index (χ0n) is 11.9. The van der Waals surface area contributed by atoms with Crippen LogP contribution >= 0.6 is 0 Å². The van der Waals surface area contributed by atoms with Crippen molar-refractivity contribution in [1.82, 2.24) is 0 Å². The van der Waals surface area contributed by atoms with Crippen molar-refractivity contribution < 1.29 is 29.4 Å². The van der Waals surface area contributed by atoms with Gasteiger partial charge >= 0.3 is 11.9 Å². The minimum atomic E-state index is -0.602. The van der Waals surface area contributed by atoms with Gasteiger partial charge in [0.05, 0.1) is 12.8 Å². The Labute approximate surface area is 107 Å². The monoisotopic (exact) mass is 262 g/mol. The summed E-state index contributed by atoms with van der Waals surface area (Å²) in [7, 11) is 0. The smallest absolute Gasteiger partial charge is 0.266 e. The standard InChI is InChI=1S/C12H22O6/c1-11(2,3)7-9(13)15-17-18-16-10(14)8-12(4,5)6/h7-8H2,1-6H3. The van der Waals surface area contributed by atoms with E-state index in [9.17, 15) is 9.59 Å². The van der Waals surface area contributed by atoms with Crippen LogP contribution in [-0.2, 0) is 29.4 Å². The molecule has 0 spiro atoms. The minimum absolute atomic E-state index is 0.159. The third-order valence-corrected chi connectivity index (χ3v) is 1.63. The Hall–Kier alpha value is -1.14. The van der Waals surface area contributed by atoms with E-state index in [1.807, 2.05) is 41.5 Å². The lowest BCUT2D eigenvalue weighted by Crippen LogP contribution is -2.18. The Balaban J connectivity index is 3.69. The van der Waals surface area contributed by atoms with E-state index in [0.29, 0.717) is 0 Å². The fourth-order valence-corrected chi connectivity index (χ4v) is 1.03. The van der Waals surface area contributed by atoms with Crippen molar-refractivity contribution in [3.05, 3.63) is 0 Å². The van der Waals surface area contributed by atoms with Gasteiger partial charge in [-0.25, -0.2) is 9.59 Å². The highest BCUT2D eigenvalue weighted by atomic mass is 17.7. The maximum atomic E-state index is 11.2. The molecule has 18 heavy (non-hydrogen) atoms. The lowest BCUT2D eigenvalue weighted by Gasteiger charge is -2.16. The third kappa shape index (κ3) is 11.3. The molecule has 0 fully saturated rings. The topological polar surface area (TPSA) is 71.1 Å². The van der Waals surface area contributed by atoms with Gasteiger partial charge in [0.25, 0.3) is 0 Å². The van der Waals surface area contributed by atoms with Crippen LogP contribution in [0.15, 0.2) is 0 Å². The van der Waals surface area contributed by atoms with Crippen molar-refractivity contribution >= 4 is 11.9 Å². The summed E-state index contributed by atoms with van der Waals surface area (Å²) in [5, 5.41) is 8.07. The molecule has 6 nitrogen and oxygen atoms in total. The van der Waals surface area contributed by atoms with Crippen LogP contribution in [0.4, 0.5) is 0 Å². The van der Waals surface area contributed by atoms with Gasteiger partial charge in [-0.3, -0.25) is 9.78 Å². The van der Waals surface area contributed by atoms with Crippen LogP contribution in [0.3, 0.4) is 0 Å². The van der Waals surface area contributed by atoms with E-state index < -0.39 is 11.9 Å². The van der Waals surface area contributed by atoms with E-state index >= 15 is 0 Å². The first kappa shape index (κ1) is 16.9. The van der Waals surface area contributed by atoms with Crippen molar-refractivity contribution in [3.8, 4) is 0 Å². The summed E-state index contributed by atoms with van der Waals surface area (Å²) in [5.41, 5.74) is -0.438. The SMILES string of the molecule is CC(C)(C)CC(=O)OOOOC(=O)CC(C)(C)C. The summed E-state index contributed by atoms with van der Waals surface area (Å²) >= 11 is 0. The van der Waals surface area contributed by atoms with E-state index in [1.54, 1.807) is 0 Å². The molecule has 106 valence electrons. The van der Waals surface area contributed by atoms with E-state index in [1.165, 1.54) is 0 Å². The molecule has 0 heterocycles. The summed E-state index contributed by atoms with van der Waals surface area (Å²) in [4.78, 5) is 30.8. The van der Waals surface area contributed by atoms with Crippen LogP contribution in [0.25, 0.3) is 0 Å². The Morgan fingerprint density at radius 1 is 0.722 bits per heavy atom. The van der Waals surface area contributed by atoms with Crippen LogP contribution < -0.4 is 0 Å². The molecule has 0 atom stereocenters. The van der Waals surface area contributed by atoms with Gasteiger partial charge in [0.2, 0.25) is 0 Å². The molecule has 0 aliphatic heterocycles. The molecule has 0 aromatic heterocycles. The Kier molecular flexibility index (Phi) is 6.28.